The first-order valence-electron chi connectivity index (χ1n) is 30.3. The van der Waals surface area contributed by atoms with E-state index in [1.54, 1.807) is 6.08 Å². The van der Waals surface area contributed by atoms with E-state index in [9.17, 15) is 35.1 Å². The van der Waals surface area contributed by atoms with Crippen LogP contribution in [0.2, 0.25) is 0 Å². The lowest BCUT2D eigenvalue weighted by molar-refractivity contribution is -0.302. The molecule has 1 rings (SSSR count). The van der Waals surface area contributed by atoms with Crippen molar-refractivity contribution in [2.75, 3.05) is 19.8 Å². The summed E-state index contributed by atoms with van der Waals surface area (Å²) in [5, 5.41) is 54.2. The Morgan fingerprint density at radius 3 is 1.44 bits per heavy atom. The molecule has 1 aliphatic rings. The van der Waals surface area contributed by atoms with Crippen LogP contribution in [0.4, 0.5) is 0 Å². The van der Waals surface area contributed by atoms with Crippen LogP contribution in [0.15, 0.2) is 36.5 Å². The Kier molecular flexibility index (Phi) is 48.1. The second-order valence-electron chi connectivity index (χ2n) is 21.1. The molecule has 1 fully saturated rings. The van der Waals surface area contributed by atoms with Crippen molar-refractivity contribution in [3.63, 3.8) is 0 Å². The van der Waals surface area contributed by atoms with E-state index < -0.39 is 49.5 Å². The van der Waals surface area contributed by atoms with Gasteiger partial charge in [0.1, 0.15) is 24.4 Å². The zero-order valence-electron chi connectivity index (χ0n) is 46.4. The maximum atomic E-state index is 13.0. The molecule has 7 unspecified atom stereocenters. The zero-order valence-corrected chi connectivity index (χ0v) is 46.4. The SMILES string of the molecule is CCCC/C=C\C/C=C\CCCCCCCC(=O)OCCCCCCCCCCCCCCCCCCCCCCCC(=O)NC(COC1OC(CO)C(O)C(O)C1O)C(O)/C=C/CCCCCCCCC. The van der Waals surface area contributed by atoms with E-state index in [-0.39, 0.29) is 18.5 Å². The first-order chi connectivity index (χ1) is 35.2. The number of allylic oxidation sites excluding steroid dienone is 5. The zero-order chi connectivity index (χ0) is 52.4. The van der Waals surface area contributed by atoms with E-state index >= 15 is 0 Å². The number of hydrogen-bond acceptors (Lipinski definition) is 10. The van der Waals surface area contributed by atoms with Crippen molar-refractivity contribution in [3.05, 3.63) is 36.5 Å². The lowest BCUT2D eigenvalue weighted by atomic mass is 9.99. The highest BCUT2D eigenvalue weighted by Crippen LogP contribution is 2.23. The molecule has 0 aromatic heterocycles. The van der Waals surface area contributed by atoms with E-state index in [0.717, 1.165) is 77.0 Å². The van der Waals surface area contributed by atoms with Crippen LogP contribution >= 0.6 is 0 Å². The summed E-state index contributed by atoms with van der Waals surface area (Å²) in [7, 11) is 0. The average molecular weight is 1020 g/mol. The van der Waals surface area contributed by atoms with Crippen molar-refractivity contribution in [1.29, 1.82) is 0 Å². The minimum Gasteiger partial charge on any atom is -0.466 e. The Morgan fingerprint density at radius 1 is 0.514 bits per heavy atom. The fraction of sp³-hybridized carbons (Fsp3) is 0.869. The number of amides is 1. The number of ether oxygens (including phenoxy) is 3. The van der Waals surface area contributed by atoms with E-state index in [2.05, 4.69) is 43.5 Å². The van der Waals surface area contributed by atoms with Gasteiger partial charge in [-0.1, -0.05) is 243 Å². The van der Waals surface area contributed by atoms with E-state index in [4.69, 9.17) is 14.2 Å². The summed E-state index contributed by atoms with van der Waals surface area (Å²) in [5.41, 5.74) is 0. The molecule has 0 radical (unpaired) electrons. The number of unbranched alkanes of at least 4 members (excludes halogenated alkanes) is 34. The fourth-order valence-corrected chi connectivity index (χ4v) is 9.39. The maximum Gasteiger partial charge on any atom is 0.305 e. The van der Waals surface area contributed by atoms with E-state index in [0.29, 0.717) is 19.4 Å². The third-order valence-corrected chi connectivity index (χ3v) is 14.2. The van der Waals surface area contributed by atoms with Gasteiger partial charge in [-0.05, 0) is 57.8 Å². The quantitative estimate of drug-likeness (QED) is 0.0195. The number of esters is 1. The van der Waals surface area contributed by atoms with Gasteiger partial charge in [-0.15, -0.1) is 0 Å². The van der Waals surface area contributed by atoms with Crippen LogP contribution in [0.3, 0.4) is 0 Å². The van der Waals surface area contributed by atoms with Gasteiger partial charge in [-0.3, -0.25) is 9.59 Å². The summed E-state index contributed by atoms with van der Waals surface area (Å²) in [4.78, 5) is 25.0. The van der Waals surface area contributed by atoms with Gasteiger partial charge < -0.3 is 45.1 Å². The first kappa shape index (κ1) is 67.9. The third-order valence-electron chi connectivity index (χ3n) is 14.2. The monoisotopic (exact) mass is 1020 g/mol. The molecule has 1 amide bonds. The molecule has 422 valence electrons. The Morgan fingerprint density at radius 2 is 0.944 bits per heavy atom. The number of rotatable bonds is 52. The van der Waals surface area contributed by atoms with Gasteiger partial charge in [0.15, 0.2) is 6.29 Å². The number of carbonyl (C=O) groups is 2. The summed E-state index contributed by atoms with van der Waals surface area (Å²) >= 11 is 0. The highest BCUT2D eigenvalue weighted by Gasteiger charge is 2.44. The average Bonchev–Trinajstić information content (AvgIpc) is 3.38. The maximum absolute atomic E-state index is 13.0. The van der Waals surface area contributed by atoms with Gasteiger partial charge >= 0.3 is 5.97 Å². The topological polar surface area (TPSA) is 175 Å². The Balaban J connectivity index is 1.99. The predicted molar refractivity (Wildman–Crippen MR) is 297 cm³/mol. The summed E-state index contributed by atoms with van der Waals surface area (Å²) in [5.74, 6) is -0.201. The van der Waals surface area contributed by atoms with Crippen molar-refractivity contribution >= 4 is 11.9 Å². The molecular formula is C61H113NO10. The molecule has 72 heavy (non-hydrogen) atoms. The normalized spacial score (nSPS) is 19.2. The molecule has 1 aliphatic heterocycles. The van der Waals surface area contributed by atoms with Crippen molar-refractivity contribution in [1.82, 2.24) is 5.32 Å². The van der Waals surface area contributed by atoms with Crippen LogP contribution < -0.4 is 5.32 Å². The van der Waals surface area contributed by atoms with Gasteiger partial charge in [-0.25, -0.2) is 0 Å². The third kappa shape index (κ3) is 40.2. The van der Waals surface area contributed by atoms with Crippen LogP contribution in [-0.4, -0.2) is 100 Å². The smallest absolute Gasteiger partial charge is 0.305 e. The molecule has 0 bridgehead atoms. The number of aliphatic hydroxyl groups excluding tert-OH is 5. The first-order valence-corrected chi connectivity index (χ1v) is 30.3. The van der Waals surface area contributed by atoms with Crippen molar-refractivity contribution in [2.24, 2.45) is 0 Å². The molecule has 0 aromatic carbocycles. The molecule has 11 nitrogen and oxygen atoms in total. The Bertz CT molecular complexity index is 1290. The second kappa shape index (κ2) is 51.0. The highest BCUT2D eigenvalue weighted by atomic mass is 16.7. The molecule has 7 atom stereocenters. The lowest BCUT2D eigenvalue weighted by Crippen LogP contribution is -2.60. The Hall–Kier alpha value is -2.12. The number of aliphatic hydroxyl groups is 5. The van der Waals surface area contributed by atoms with Gasteiger partial charge in [-0.2, -0.15) is 0 Å². The largest absolute Gasteiger partial charge is 0.466 e. The molecule has 0 aromatic rings. The molecule has 0 saturated carbocycles. The summed E-state index contributed by atoms with van der Waals surface area (Å²) in [6, 6.07) is -0.809. The van der Waals surface area contributed by atoms with Crippen molar-refractivity contribution < 1.29 is 49.3 Å². The highest BCUT2D eigenvalue weighted by molar-refractivity contribution is 5.76. The van der Waals surface area contributed by atoms with Crippen LogP contribution in [-0.2, 0) is 23.8 Å². The van der Waals surface area contributed by atoms with Gasteiger partial charge in [0, 0.05) is 12.8 Å². The lowest BCUT2D eigenvalue weighted by Gasteiger charge is -2.40. The molecule has 6 N–H and O–H groups in total. The fourth-order valence-electron chi connectivity index (χ4n) is 9.39. The summed E-state index contributed by atoms with van der Waals surface area (Å²) in [6.07, 6.45) is 52.5. The van der Waals surface area contributed by atoms with E-state index in [1.165, 1.54) is 173 Å². The van der Waals surface area contributed by atoms with Gasteiger partial charge in [0.2, 0.25) is 5.91 Å². The van der Waals surface area contributed by atoms with Crippen LogP contribution in [0.25, 0.3) is 0 Å². The standard InChI is InChI=1S/C61H113NO10/c1-3-5-7-9-11-13-14-15-26-29-33-37-41-45-49-57(66)70-50-46-42-38-34-30-27-24-22-20-18-16-17-19-21-23-25-28-32-36-40-44-48-56(65)62-53(54(64)47-43-39-35-31-12-10-8-6-4-2)52-71-61-60(69)59(68)58(67)55(51-63)72-61/h9,11,14-15,43,47,53-55,58-61,63-64,67-69H,3-8,10,12-13,16-42,44-46,48-52H2,1-2H3,(H,62,65)/b11-9-,15-14-,47-43+. The van der Waals surface area contributed by atoms with E-state index in [1.807, 2.05) is 6.08 Å². The predicted octanol–water partition coefficient (Wildman–Crippen LogP) is 13.9. The van der Waals surface area contributed by atoms with Crippen molar-refractivity contribution in [2.45, 2.75) is 320 Å². The minimum atomic E-state index is -1.57. The van der Waals surface area contributed by atoms with Crippen LogP contribution in [0, 0.1) is 0 Å². The molecule has 11 heteroatoms. The number of hydrogen-bond donors (Lipinski definition) is 6. The van der Waals surface area contributed by atoms with Crippen LogP contribution in [0.1, 0.15) is 277 Å². The van der Waals surface area contributed by atoms with Gasteiger partial charge in [0.05, 0.1) is 32.0 Å². The molecular weight excluding hydrogens is 907 g/mol. The number of nitrogens with one attached hydrogen (secondary N) is 1. The van der Waals surface area contributed by atoms with Crippen molar-refractivity contribution in [3.8, 4) is 0 Å². The number of carbonyl (C=O) groups excluding carboxylic acids is 2. The molecule has 0 aliphatic carbocycles. The second-order valence-corrected chi connectivity index (χ2v) is 21.1. The molecule has 1 heterocycles. The minimum absolute atomic E-state index is 0.0161. The summed E-state index contributed by atoms with van der Waals surface area (Å²) < 4.78 is 16.7. The molecule has 1 saturated heterocycles. The molecule has 0 spiro atoms. The Labute approximate surface area is 441 Å². The summed E-state index contributed by atoms with van der Waals surface area (Å²) in [6.45, 7) is 4.27. The van der Waals surface area contributed by atoms with Crippen LogP contribution in [0.5, 0.6) is 0 Å². The van der Waals surface area contributed by atoms with Gasteiger partial charge in [0.25, 0.3) is 0 Å².